The number of benzene rings is 1. The third-order valence-corrected chi connectivity index (χ3v) is 2.54. The van der Waals surface area contributed by atoms with Gasteiger partial charge in [0.05, 0.1) is 0 Å². The minimum Gasteiger partial charge on any atom is -0.427 e. The molecule has 2 heteroatoms. The Kier molecular flexibility index (Phi) is 4.06. The molecule has 76 valence electrons. The summed E-state index contributed by atoms with van der Waals surface area (Å²) < 4.78 is 0. The van der Waals surface area contributed by atoms with E-state index in [1.807, 2.05) is 6.07 Å². The fraction of sp³-hybridized carbons (Fsp3) is 0.500. The minimum atomic E-state index is 0.553. The first-order chi connectivity index (χ1) is 6.61. The Balaban J connectivity index is 2.65. The van der Waals surface area contributed by atoms with Gasteiger partial charge in [-0.3, -0.25) is 0 Å². The standard InChI is InChI=1S/C12H20BN/c1-10(2)13(11(3)4)14-12-8-6-5-7-9-12/h5-11,14H,1-4H3. The Bertz CT molecular complexity index is 248. The van der Waals surface area contributed by atoms with Crippen LogP contribution in [0, 0.1) is 0 Å². The number of hydrogen-bond donors (Lipinski definition) is 1. The van der Waals surface area contributed by atoms with Gasteiger partial charge in [-0.15, -0.1) is 0 Å². The molecule has 0 saturated heterocycles. The van der Waals surface area contributed by atoms with Gasteiger partial charge in [-0.05, 0) is 23.8 Å². The fourth-order valence-corrected chi connectivity index (χ4v) is 1.83. The van der Waals surface area contributed by atoms with Gasteiger partial charge in [0.1, 0.15) is 0 Å². The van der Waals surface area contributed by atoms with E-state index in [0.29, 0.717) is 18.5 Å². The summed E-state index contributed by atoms with van der Waals surface area (Å²) in [6.45, 7) is 9.61. The minimum absolute atomic E-state index is 0.553. The average Bonchev–Trinajstić information content (AvgIpc) is 2.15. The zero-order valence-electron chi connectivity index (χ0n) is 9.62. The van der Waals surface area contributed by atoms with Crippen molar-refractivity contribution in [3.8, 4) is 0 Å². The van der Waals surface area contributed by atoms with Crippen molar-refractivity contribution in [1.29, 1.82) is 0 Å². The van der Waals surface area contributed by atoms with E-state index in [1.54, 1.807) is 0 Å². The van der Waals surface area contributed by atoms with E-state index in [9.17, 15) is 0 Å². The lowest BCUT2D eigenvalue weighted by molar-refractivity contribution is 0.940. The van der Waals surface area contributed by atoms with Crippen LogP contribution < -0.4 is 5.23 Å². The van der Waals surface area contributed by atoms with Gasteiger partial charge < -0.3 is 5.23 Å². The second-order valence-electron chi connectivity index (χ2n) is 4.52. The van der Waals surface area contributed by atoms with Crippen molar-refractivity contribution in [2.75, 3.05) is 5.23 Å². The van der Waals surface area contributed by atoms with Crippen molar-refractivity contribution >= 4 is 12.5 Å². The lowest BCUT2D eigenvalue weighted by Gasteiger charge is -2.23. The van der Waals surface area contributed by atoms with Crippen LogP contribution in [0.4, 0.5) is 5.69 Å². The summed E-state index contributed by atoms with van der Waals surface area (Å²) in [5.41, 5.74) is 1.22. The lowest BCUT2D eigenvalue weighted by atomic mass is 9.45. The maximum atomic E-state index is 3.58. The fourth-order valence-electron chi connectivity index (χ4n) is 1.83. The highest BCUT2D eigenvalue weighted by Crippen LogP contribution is 2.21. The van der Waals surface area contributed by atoms with Crippen LogP contribution in [-0.4, -0.2) is 6.85 Å². The maximum Gasteiger partial charge on any atom is 0.256 e. The van der Waals surface area contributed by atoms with E-state index in [-0.39, 0.29) is 0 Å². The van der Waals surface area contributed by atoms with Crippen LogP contribution in [0.5, 0.6) is 0 Å². The van der Waals surface area contributed by atoms with Gasteiger partial charge in [0.2, 0.25) is 0 Å². The van der Waals surface area contributed by atoms with Gasteiger partial charge in [-0.1, -0.05) is 45.9 Å². The maximum absolute atomic E-state index is 3.58. The lowest BCUT2D eigenvalue weighted by Crippen LogP contribution is -2.31. The third-order valence-electron chi connectivity index (χ3n) is 2.54. The summed E-state index contributed by atoms with van der Waals surface area (Å²) in [6, 6.07) is 10.4. The molecule has 1 nitrogen and oxygen atoms in total. The first-order valence-electron chi connectivity index (χ1n) is 5.43. The highest BCUT2D eigenvalue weighted by atomic mass is 14.8. The first kappa shape index (κ1) is 11.2. The molecule has 1 rings (SSSR count). The molecular weight excluding hydrogens is 169 g/mol. The molecule has 0 saturated carbocycles. The first-order valence-corrected chi connectivity index (χ1v) is 5.43. The van der Waals surface area contributed by atoms with Gasteiger partial charge in [0, 0.05) is 5.69 Å². The van der Waals surface area contributed by atoms with Crippen molar-refractivity contribution in [2.45, 2.75) is 39.3 Å². The largest absolute Gasteiger partial charge is 0.427 e. The van der Waals surface area contributed by atoms with E-state index < -0.39 is 0 Å². The molecule has 0 atom stereocenters. The molecule has 1 aromatic carbocycles. The van der Waals surface area contributed by atoms with E-state index >= 15 is 0 Å². The molecule has 0 radical (unpaired) electrons. The molecule has 0 amide bonds. The molecule has 0 aliphatic rings. The molecule has 0 aliphatic heterocycles. The second kappa shape index (κ2) is 5.09. The van der Waals surface area contributed by atoms with E-state index in [4.69, 9.17) is 0 Å². The third kappa shape index (κ3) is 3.10. The van der Waals surface area contributed by atoms with Crippen molar-refractivity contribution in [2.24, 2.45) is 0 Å². The topological polar surface area (TPSA) is 12.0 Å². The summed E-state index contributed by atoms with van der Waals surface area (Å²) in [7, 11) is 0. The smallest absolute Gasteiger partial charge is 0.256 e. The number of rotatable bonds is 4. The Labute approximate surface area is 88.0 Å². The molecule has 1 aromatic rings. The van der Waals surface area contributed by atoms with Crippen molar-refractivity contribution in [3.63, 3.8) is 0 Å². The summed E-state index contributed by atoms with van der Waals surface area (Å²) in [5.74, 6) is 1.32. The molecule has 0 bridgehead atoms. The van der Waals surface area contributed by atoms with Crippen LogP contribution in [-0.2, 0) is 0 Å². The zero-order chi connectivity index (χ0) is 10.6. The number of hydrogen-bond acceptors (Lipinski definition) is 1. The van der Waals surface area contributed by atoms with Crippen LogP contribution >= 0.6 is 0 Å². The van der Waals surface area contributed by atoms with Gasteiger partial charge in [0.25, 0.3) is 6.85 Å². The van der Waals surface area contributed by atoms with Crippen LogP contribution in [0.25, 0.3) is 0 Å². The van der Waals surface area contributed by atoms with Gasteiger partial charge in [-0.2, -0.15) is 0 Å². The number of nitrogens with one attached hydrogen (secondary N) is 1. The van der Waals surface area contributed by atoms with Crippen LogP contribution in [0.2, 0.25) is 11.6 Å². The highest BCUT2D eigenvalue weighted by molar-refractivity contribution is 6.65. The average molecular weight is 189 g/mol. The van der Waals surface area contributed by atoms with Crippen LogP contribution in [0.1, 0.15) is 27.7 Å². The number of para-hydroxylation sites is 1. The van der Waals surface area contributed by atoms with E-state index in [2.05, 4.69) is 57.2 Å². The molecule has 0 fully saturated rings. The quantitative estimate of drug-likeness (QED) is 0.708. The summed E-state index contributed by atoms with van der Waals surface area (Å²) >= 11 is 0. The Hall–Kier alpha value is -0.915. The normalized spacial score (nSPS) is 10.7. The SMILES string of the molecule is CC(C)B(Nc1ccccc1)C(C)C. The summed E-state index contributed by atoms with van der Waals surface area (Å²) in [5, 5.41) is 3.58. The van der Waals surface area contributed by atoms with Gasteiger partial charge in [0.15, 0.2) is 0 Å². The molecule has 0 heterocycles. The van der Waals surface area contributed by atoms with Crippen LogP contribution in [0.15, 0.2) is 30.3 Å². The van der Waals surface area contributed by atoms with E-state index in [0.717, 1.165) is 0 Å². The summed E-state index contributed by atoms with van der Waals surface area (Å²) in [4.78, 5) is 0. The molecule has 0 aliphatic carbocycles. The zero-order valence-corrected chi connectivity index (χ0v) is 9.62. The Morgan fingerprint density at radius 3 is 1.86 bits per heavy atom. The monoisotopic (exact) mass is 189 g/mol. The second-order valence-corrected chi connectivity index (χ2v) is 4.52. The summed E-state index contributed by atoms with van der Waals surface area (Å²) in [6.07, 6.45) is 0. The molecule has 0 spiro atoms. The molecule has 14 heavy (non-hydrogen) atoms. The van der Waals surface area contributed by atoms with Crippen LogP contribution in [0.3, 0.4) is 0 Å². The van der Waals surface area contributed by atoms with Crippen molar-refractivity contribution in [1.82, 2.24) is 0 Å². The van der Waals surface area contributed by atoms with Crippen molar-refractivity contribution in [3.05, 3.63) is 30.3 Å². The molecule has 1 N–H and O–H groups in total. The van der Waals surface area contributed by atoms with E-state index in [1.165, 1.54) is 5.69 Å². The predicted molar refractivity (Wildman–Crippen MR) is 66.0 cm³/mol. The molecule has 0 aromatic heterocycles. The van der Waals surface area contributed by atoms with Gasteiger partial charge >= 0.3 is 0 Å². The predicted octanol–water partition coefficient (Wildman–Crippen LogP) is 3.91. The van der Waals surface area contributed by atoms with Crippen molar-refractivity contribution < 1.29 is 0 Å². The molecular formula is C12H20BN. The highest BCUT2D eigenvalue weighted by Gasteiger charge is 2.22. The Morgan fingerprint density at radius 1 is 0.929 bits per heavy atom. The number of anilines is 1. The Morgan fingerprint density at radius 2 is 1.43 bits per heavy atom. The molecule has 0 unspecified atom stereocenters. The van der Waals surface area contributed by atoms with Gasteiger partial charge in [-0.25, -0.2) is 0 Å².